The van der Waals surface area contributed by atoms with Gasteiger partial charge in [0.1, 0.15) is 6.10 Å². The summed E-state index contributed by atoms with van der Waals surface area (Å²) in [4.78, 5) is 12.0. The smallest absolute Gasteiger partial charge is 0.331 e. The summed E-state index contributed by atoms with van der Waals surface area (Å²) >= 11 is 0. The molecular weight excluding hydrogens is 284 g/mol. The third kappa shape index (κ3) is 3.86. The van der Waals surface area contributed by atoms with Crippen molar-refractivity contribution in [2.75, 3.05) is 0 Å². The molecule has 0 saturated carbocycles. The van der Waals surface area contributed by atoms with Crippen molar-refractivity contribution in [2.45, 2.75) is 13.0 Å². The number of fused-ring (bicyclic) bond motifs is 1. The van der Waals surface area contributed by atoms with Crippen LogP contribution in [-0.2, 0) is 9.53 Å². The predicted molar refractivity (Wildman–Crippen MR) is 93.9 cm³/mol. The zero-order chi connectivity index (χ0) is 16.1. The molecule has 2 heteroatoms. The minimum absolute atomic E-state index is 0.285. The normalized spacial score (nSPS) is 12.4. The van der Waals surface area contributed by atoms with Crippen molar-refractivity contribution in [3.05, 3.63) is 90.0 Å². The third-order valence-corrected chi connectivity index (χ3v) is 3.75. The first-order valence-electron chi connectivity index (χ1n) is 7.65. The van der Waals surface area contributed by atoms with Gasteiger partial charge in [-0.2, -0.15) is 0 Å². The molecule has 3 rings (SSSR count). The van der Waals surface area contributed by atoms with Gasteiger partial charge in [0.15, 0.2) is 0 Å². The molecule has 0 N–H and O–H groups in total. The maximum Gasteiger partial charge on any atom is 0.331 e. The van der Waals surface area contributed by atoms with Gasteiger partial charge < -0.3 is 4.74 Å². The summed E-state index contributed by atoms with van der Waals surface area (Å²) in [6, 6.07) is 24.0. The van der Waals surface area contributed by atoms with E-state index in [-0.39, 0.29) is 12.1 Å². The molecule has 0 aliphatic rings. The Kier molecular flexibility index (Phi) is 4.53. The molecule has 3 aromatic rings. The molecule has 0 saturated heterocycles. The molecule has 0 radical (unpaired) electrons. The van der Waals surface area contributed by atoms with Gasteiger partial charge in [-0.1, -0.05) is 66.7 Å². The van der Waals surface area contributed by atoms with Crippen molar-refractivity contribution in [1.29, 1.82) is 0 Å². The van der Waals surface area contributed by atoms with Crippen LogP contribution < -0.4 is 0 Å². The number of carbonyl (C=O) groups is 1. The molecular formula is C21H18O2. The lowest BCUT2D eigenvalue weighted by atomic mass is 10.0. The van der Waals surface area contributed by atoms with E-state index in [9.17, 15) is 4.79 Å². The summed E-state index contributed by atoms with van der Waals surface area (Å²) in [7, 11) is 0. The van der Waals surface area contributed by atoms with Gasteiger partial charge in [-0.3, -0.25) is 0 Å². The number of benzene rings is 3. The largest absolute Gasteiger partial charge is 0.455 e. The SMILES string of the molecule is C[C@H](OC(=O)/C=C/c1ccccc1)c1ccc2ccccc2c1. The maximum absolute atomic E-state index is 12.0. The number of rotatable bonds is 4. The molecule has 0 aliphatic heterocycles. The van der Waals surface area contributed by atoms with Crippen molar-refractivity contribution in [3.8, 4) is 0 Å². The summed E-state index contributed by atoms with van der Waals surface area (Å²) in [5, 5.41) is 2.33. The second-order valence-electron chi connectivity index (χ2n) is 5.43. The Hall–Kier alpha value is -2.87. The monoisotopic (exact) mass is 302 g/mol. The number of esters is 1. The standard InChI is InChI=1S/C21H18O2/c1-16(19-13-12-18-9-5-6-10-20(18)15-19)23-21(22)14-11-17-7-3-2-4-8-17/h2-16H,1H3/b14-11+/t16-/m0/s1. The lowest BCUT2D eigenvalue weighted by Crippen LogP contribution is -2.06. The summed E-state index contributed by atoms with van der Waals surface area (Å²) in [5.74, 6) is -0.338. The molecule has 2 nitrogen and oxygen atoms in total. The van der Waals surface area contributed by atoms with Crippen LogP contribution in [0.4, 0.5) is 0 Å². The van der Waals surface area contributed by atoms with Crippen LogP contribution in [0.1, 0.15) is 24.2 Å². The van der Waals surface area contributed by atoms with E-state index in [2.05, 4.69) is 24.3 Å². The van der Waals surface area contributed by atoms with Crippen molar-refractivity contribution >= 4 is 22.8 Å². The molecule has 23 heavy (non-hydrogen) atoms. The van der Waals surface area contributed by atoms with Gasteiger partial charge in [0.05, 0.1) is 0 Å². The fourth-order valence-corrected chi connectivity index (χ4v) is 2.47. The molecule has 1 atom stereocenters. The Bertz CT molecular complexity index is 835. The first-order valence-corrected chi connectivity index (χ1v) is 7.65. The van der Waals surface area contributed by atoms with E-state index in [1.54, 1.807) is 6.08 Å². The van der Waals surface area contributed by atoms with Gasteiger partial charge in [0.25, 0.3) is 0 Å². The summed E-state index contributed by atoms with van der Waals surface area (Å²) in [5.41, 5.74) is 1.97. The second kappa shape index (κ2) is 6.93. The molecule has 0 spiro atoms. The van der Waals surface area contributed by atoms with Gasteiger partial charge >= 0.3 is 5.97 Å². The van der Waals surface area contributed by atoms with Crippen LogP contribution in [0.2, 0.25) is 0 Å². The highest BCUT2D eigenvalue weighted by Crippen LogP contribution is 2.22. The third-order valence-electron chi connectivity index (χ3n) is 3.75. The number of ether oxygens (including phenoxy) is 1. The van der Waals surface area contributed by atoms with Crippen LogP contribution in [0.3, 0.4) is 0 Å². The molecule has 0 bridgehead atoms. The number of carbonyl (C=O) groups excluding carboxylic acids is 1. The van der Waals surface area contributed by atoms with Crippen LogP contribution >= 0.6 is 0 Å². The number of hydrogen-bond acceptors (Lipinski definition) is 2. The van der Waals surface area contributed by atoms with Gasteiger partial charge in [-0.25, -0.2) is 4.79 Å². The quantitative estimate of drug-likeness (QED) is 0.491. The Balaban J connectivity index is 1.68. The van der Waals surface area contributed by atoms with E-state index >= 15 is 0 Å². The molecule has 0 amide bonds. The Labute approximate surface area is 136 Å². The van der Waals surface area contributed by atoms with Crippen LogP contribution in [-0.4, -0.2) is 5.97 Å². The Morgan fingerprint density at radius 3 is 2.39 bits per heavy atom. The van der Waals surface area contributed by atoms with E-state index in [1.807, 2.05) is 55.5 Å². The number of hydrogen-bond donors (Lipinski definition) is 0. The van der Waals surface area contributed by atoms with Gasteiger partial charge in [0, 0.05) is 6.08 Å². The molecule has 0 fully saturated rings. The summed E-state index contributed by atoms with van der Waals surface area (Å²) in [6.45, 7) is 1.89. The first kappa shape index (κ1) is 15.0. The molecule has 0 heterocycles. The van der Waals surface area contributed by atoms with E-state index in [1.165, 1.54) is 11.5 Å². The van der Waals surface area contributed by atoms with Crippen LogP contribution in [0, 0.1) is 0 Å². The highest BCUT2D eigenvalue weighted by Gasteiger charge is 2.10. The minimum Gasteiger partial charge on any atom is -0.455 e. The Morgan fingerprint density at radius 2 is 1.61 bits per heavy atom. The zero-order valence-electron chi connectivity index (χ0n) is 13.0. The topological polar surface area (TPSA) is 26.3 Å². The van der Waals surface area contributed by atoms with Crippen LogP contribution in [0.5, 0.6) is 0 Å². The van der Waals surface area contributed by atoms with Gasteiger partial charge in [0.2, 0.25) is 0 Å². The summed E-state index contributed by atoms with van der Waals surface area (Å²) in [6.07, 6.45) is 2.94. The van der Waals surface area contributed by atoms with Crippen molar-refractivity contribution in [1.82, 2.24) is 0 Å². The summed E-state index contributed by atoms with van der Waals surface area (Å²) < 4.78 is 5.48. The average Bonchev–Trinajstić information content (AvgIpc) is 2.60. The molecule has 3 aromatic carbocycles. The lowest BCUT2D eigenvalue weighted by Gasteiger charge is -2.13. The molecule has 0 unspecified atom stereocenters. The highest BCUT2D eigenvalue weighted by atomic mass is 16.5. The fraction of sp³-hybridized carbons (Fsp3) is 0.0952. The van der Waals surface area contributed by atoms with Crippen molar-refractivity contribution < 1.29 is 9.53 Å². The van der Waals surface area contributed by atoms with Crippen molar-refractivity contribution in [3.63, 3.8) is 0 Å². The second-order valence-corrected chi connectivity index (χ2v) is 5.43. The van der Waals surface area contributed by atoms with Gasteiger partial charge in [-0.05, 0) is 41.0 Å². The van der Waals surface area contributed by atoms with E-state index in [0.717, 1.165) is 16.5 Å². The predicted octanol–water partition coefficient (Wildman–Crippen LogP) is 5.16. The molecule has 0 aliphatic carbocycles. The fourth-order valence-electron chi connectivity index (χ4n) is 2.47. The van der Waals surface area contributed by atoms with E-state index in [0.29, 0.717) is 0 Å². The average molecular weight is 302 g/mol. The zero-order valence-corrected chi connectivity index (χ0v) is 13.0. The first-order chi connectivity index (χ1) is 11.2. The molecule has 114 valence electrons. The van der Waals surface area contributed by atoms with E-state index in [4.69, 9.17) is 4.74 Å². The maximum atomic E-state index is 12.0. The van der Waals surface area contributed by atoms with Crippen molar-refractivity contribution in [2.24, 2.45) is 0 Å². The molecule has 0 aromatic heterocycles. The van der Waals surface area contributed by atoms with Crippen LogP contribution in [0.15, 0.2) is 78.9 Å². The van der Waals surface area contributed by atoms with Gasteiger partial charge in [-0.15, -0.1) is 0 Å². The van der Waals surface area contributed by atoms with Crippen LogP contribution in [0.25, 0.3) is 16.8 Å². The highest BCUT2D eigenvalue weighted by molar-refractivity contribution is 5.87. The minimum atomic E-state index is -0.338. The lowest BCUT2D eigenvalue weighted by molar-refractivity contribution is -0.142. The van der Waals surface area contributed by atoms with E-state index < -0.39 is 0 Å². The Morgan fingerprint density at radius 1 is 0.913 bits per heavy atom.